The molecule has 0 aromatic heterocycles. The van der Waals surface area contributed by atoms with Crippen LogP contribution in [0.5, 0.6) is 11.5 Å². The Labute approximate surface area is 173 Å². The first kappa shape index (κ1) is 18.7. The van der Waals surface area contributed by atoms with Crippen molar-refractivity contribution in [3.63, 3.8) is 0 Å². The molecule has 2 fully saturated rings. The van der Waals surface area contributed by atoms with Crippen LogP contribution in [0.3, 0.4) is 0 Å². The molecule has 0 saturated carbocycles. The molecule has 156 valence electrons. The van der Waals surface area contributed by atoms with Gasteiger partial charge in [0, 0.05) is 44.8 Å². The zero-order chi connectivity index (χ0) is 20.7. The summed E-state index contributed by atoms with van der Waals surface area (Å²) in [5.74, 6) is 0.746. The van der Waals surface area contributed by atoms with Crippen LogP contribution in [-0.2, 0) is 4.79 Å². The highest BCUT2D eigenvalue weighted by molar-refractivity contribution is 5.96. The Kier molecular flexibility index (Phi) is 4.69. The molecule has 0 spiro atoms. The van der Waals surface area contributed by atoms with Crippen molar-refractivity contribution in [3.8, 4) is 11.5 Å². The molecule has 7 nitrogen and oxygen atoms in total. The second-order valence-corrected chi connectivity index (χ2v) is 7.74. The molecule has 2 aromatic rings. The summed E-state index contributed by atoms with van der Waals surface area (Å²) >= 11 is 0. The molecule has 2 aromatic carbocycles. The van der Waals surface area contributed by atoms with Crippen LogP contribution < -0.4 is 14.4 Å². The van der Waals surface area contributed by atoms with Crippen molar-refractivity contribution in [1.82, 2.24) is 9.80 Å². The van der Waals surface area contributed by atoms with Gasteiger partial charge in [0.2, 0.25) is 12.7 Å². The lowest BCUT2D eigenvalue weighted by Gasteiger charge is -2.43. The average molecular weight is 411 g/mol. The van der Waals surface area contributed by atoms with Gasteiger partial charge in [0.25, 0.3) is 5.91 Å². The van der Waals surface area contributed by atoms with E-state index < -0.39 is 0 Å². The summed E-state index contributed by atoms with van der Waals surface area (Å²) < 4.78 is 24.6. The number of carbonyl (C=O) groups is 2. The van der Waals surface area contributed by atoms with Gasteiger partial charge in [-0.2, -0.15) is 0 Å². The average Bonchev–Trinajstić information content (AvgIpc) is 3.21. The van der Waals surface area contributed by atoms with Gasteiger partial charge < -0.3 is 24.2 Å². The van der Waals surface area contributed by atoms with Crippen molar-refractivity contribution in [1.29, 1.82) is 0 Å². The maximum Gasteiger partial charge on any atom is 0.254 e. The van der Waals surface area contributed by atoms with Crippen LogP contribution in [0.25, 0.3) is 0 Å². The fraction of sp³-hybridized carbons (Fsp3) is 0.364. The Hall–Kier alpha value is -3.29. The van der Waals surface area contributed by atoms with Crippen molar-refractivity contribution in [2.45, 2.75) is 0 Å². The molecule has 0 unspecified atom stereocenters. The minimum atomic E-state index is -0.242. The molecule has 2 amide bonds. The third kappa shape index (κ3) is 3.32. The number of hydrogen-bond acceptors (Lipinski definition) is 5. The van der Waals surface area contributed by atoms with E-state index in [2.05, 4.69) is 0 Å². The summed E-state index contributed by atoms with van der Waals surface area (Å²) in [6.45, 7) is 3.30. The number of ether oxygens (including phenoxy) is 2. The highest BCUT2D eigenvalue weighted by Crippen LogP contribution is 2.33. The molecule has 2 saturated heterocycles. The first-order valence-corrected chi connectivity index (χ1v) is 10.1. The number of para-hydroxylation sites is 1. The summed E-state index contributed by atoms with van der Waals surface area (Å²) in [5.41, 5.74) is 1.11. The van der Waals surface area contributed by atoms with E-state index in [0.717, 1.165) is 0 Å². The van der Waals surface area contributed by atoms with Gasteiger partial charge in [-0.25, -0.2) is 4.39 Å². The monoisotopic (exact) mass is 411 g/mol. The minimum absolute atomic E-state index is 0.0675. The van der Waals surface area contributed by atoms with Gasteiger partial charge in [-0.3, -0.25) is 9.59 Å². The number of nitrogens with zero attached hydrogens (tertiary/aromatic N) is 3. The van der Waals surface area contributed by atoms with E-state index in [1.54, 1.807) is 35.2 Å². The highest BCUT2D eigenvalue weighted by atomic mass is 19.1. The van der Waals surface area contributed by atoms with Gasteiger partial charge in [-0.1, -0.05) is 12.1 Å². The molecular weight excluding hydrogens is 389 g/mol. The smallest absolute Gasteiger partial charge is 0.254 e. The second kappa shape index (κ2) is 7.51. The van der Waals surface area contributed by atoms with Crippen LogP contribution in [-0.4, -0.2) is 67.7 Å². The number of benzene rings is 2. The summed E-state index contributed by atoms with van der Waals surface area (Å²) in [6.07, 6.45) is 0. The maximum absolute atomic E-state index is 14.0. The number of amides is 2. The van der Waals surface area contributed by atoms with Crippen LogP contribution >= 0.6 is 0 Å². The van der Waals surface area contributed by atoms with Gasteiger partial charge >= 0.3 is 0 Å². The number of rotatable bonds is 3. The molecule has 3 heterocycles. The van der Waals surface area contributed by atoms with Crippen molar-refractivity contribution in [2.24, 2.45) is 5.92 Å². The Bertz CT molecular complexity index is 984. The number of likely N-dealkylation sites (tertiary alicyclic amines) is 1. The number of anilines is 1. The quantitative estimate of drug-likeness (QED) is 0.773. The Balaban J connectivity index is 1.14. The third-order valence-corrected chi connectivity index (χ3v) is 5.92. The van der Waals surface area contributed by atoms with E-state index >= 15 is 0 Å². The molecular formula is C22H22FN3O4. The zero-order valence-electron chi connectivity index (χ0n) is 16.4. The first-order chi connectivity index (χ1) is 14.6. The van der Waals surface area contributed by atoms with E-state index in [-0.39, 0.29) is 30.3 Å². The summed E-state index contributed by atoms with van der Waals surface area (Å²) in [7, 11) is 0. The molecule has 3 aliphatic rings. The van der Waals surface area contributed by atoms with Crippen LogP contribution in [0.1, 0.15) is 10.4 Å². The van der Waals surface area contributed by atoms with E-state index in [0.29, 0.717) is 62.0 Å². The Morgan fingerprint density at radius 1 is 0.900 bits per heavy atom. The molecule has 0 bridgehead atoms. The van der Waals surface area contributed by atoms with Gasteiger partial charge in [-0.05, 0) is 30.3 Å². The molecule has 5 rings (SSSR count). The van der Waals surface area contributed by atoms with Gasteiger partial charge in [0.05, 0.1) is 11.6 Å². The van der Waals surface area contributed by atoms with Crippen molar-refractivity contribution >= 4 is 17.5 Å². The lowest BCUT2D eigenvalue weighted by Crippen LogP contribution is -2.59. The summed E-state index contributed by atoms with van der Waals surface area (Å²) in [6, 6.07) is 11.8. The maximum atomic E-state index is 14.0. The molecule has 0 N–H and O–H groups in total. The van der Waals surface area contributed by atoms with Gasteiger partial charge in [0.1, 0.15) is 5.82 Å². The summed E-state index contributed by atoms with van der Waals surface area (Å²) in [5, 5.41) is 0. The second-order valence-electron chi connectivity index (χ2n) is 7.74. The molecule has 30 heavy (non-hydrogen) atoms. The highest BCUT2D eigenvalue weighted by Gasteiger charge is 2.39. The third-order valence-electron chi connectivity index (χ3n) is 5.92. The van der Waals surface area contributed by atoms with Crippen LogP contribution in [0.15, 0.2) is 42.5 Å². The Morgan fingerprint density at radius 3 is 2.40 bits per heavy atom. The topological polar surface area (TPSA) is 62.3 Å². The standard InChI is InChI=1S/C22H22FN3O4/c23-17-3-1-2-4-18(17)24-7-9-25(10-8-24)22(28)16-12-26(13-16)21(27)15-5-6-19-20(11-15)30-14-29-19/h1-6,11,16H,7-10,12-14H2. The SMILES string of the molecule is O=C(c1ccc2c(c1)OCO2)N1CC(C(=O)N2CCN(c3ccccc3F)CC2)C1. The largest absolute Gasteiger partial charge is 0.454 e. The van der Waals surface area contributed by atoms with Crippen LogP contribution in [0, 0.1) is 11.7 Å². The Morgan fingerprint density at radius 2 is 1.63 bits per heavy atom. The van der Waals surface area contributed by atoms with E-state index in [1.165, 1.54) is 6.07 Å². The number of hydrogen-bond donors (Lipinski definition) is 0. The lowest BCUT2D eigenvalue weighted by atomic mass is 9.96. The van der Waals surface area contributed by atoms with Crippen molar-refractivity contribution in [2.75, 3.05) is 51.0 Å². The van der Waals surface area contributed by atoms with Crippen LogP contribution in [0.4, 0.5) is 10.1 Å². The minimum Gasteiger partial charge on any atom is -0.454 e. The zero-order valence-corrected chi connectivity index (χ0v) is 16.4. The van der Waals surface area contributed by atoms with Gasteiger partial charge in [-0.15, -0.1) is 0 Å². The molecule has 8 heteroatoms. The molecule has 3 aliphatic heterocycles. The summed E-state index contributed by atoms with van der Waals surface area (Å²) in [4.78, 5) is 30.9. The first-order valence-electron chi connectivity index (χ1n) is 10.1. The van der Waals surface area contributed by atoms with E-state index in [9.17, 15) is 14.0 Å². The lowest BCUT2D eigenvalue weighted by molar-refractivity contribution is -0.140. The fourth-order valence-electron chi connectivity index (χ4n) is 4.15. The van der Waals surface area contributed by atoms with Crippen molar-refractivity contribution < 1.29 is 23.5 Å². The van der Waals surface area contributed by atoms with E-state index in [1.807, 2.05) is 15.9 Å². The molecule has 0 radical (unpaired) electrons. The predicted molar refractivity (Wildman–Crippen MR) is 107 cm³/mol. The van der Waals surface area contributed by atoms with Gasteiger partial charge in [0.15, 0.2) is 11.5 Å². The number of carbonyl (C=O) groups excluding carboxylic acids is 2. The fourth-order valence-corrected chi connectivity index (χ4v) is 4.15. The van der Waals surface area contributed by atoms with Crippen molar-refractivity contribution in [3.05, 3.63) is 53.8 Å². The number of piperazine rings is 1. The predicted octanol–water partition coefficient (Wildman–Crippen LogP) is 1.98. The molecule has 0 aliphatic carbocycles. The van der Waals surface area contributed by atoms with Crippen LogP contribution in [0.2, 0.25) is 0 Å². The normalized spacial score (nSPS) is 18.4. The number of halogens is 1. The van der Waals surface area contributed by atoms with E-state index in [4.69, 9.17) is 9.47 Å². The number of fused-ring (bicyclic) bond motifs is 1. The molecule has 0 atom stereocenters.